The Labute approximate surface area is 176 Å². The minimum absolute atomic E-state index is 0.944. The second kappa shape index (κ2) is 10.4. The molecular weight excluding hydrogens is 348 g/mol. The quantitative estimate of drug-likeness (QED) is 0.452. The average Bonchev–Trinajstić information content (AvgIpc) is 2.78. The molecule has 0 heterocycles. The van der Waals surface area contributed by atoms with Gasteiger partial charge in [-0.05, 0) is 78.4 Å². The predicted molar refractivity (Wildman–Crippen MR) is 124 cm³/mol. The Hall–Kier alpha value is -3.22. The summed E-state index contributed by atoms with van der Waals surface area (Å²) in [5, 5.41) is 0. The topological polar surface area (TPSA) is 0 Å². The highest BCUT2D eigenvalue weighted by Gasteiger charge is 2.00. The van der Waals surface area contributed by atoms with Crippen molar-refractivity contribution in [1.29, 1.82) is 0 Å². The first-order valence-corrected chi connectivity index (χ1v) is 10.6. The van der Waals surface area contributed by atoms with Crippen LogP contribution in [0.2, 0.25) is 0 Å². The molecule has 0 N–H and O–H groups in total. The van der Waals surface area contributed by atoms with Crippen LogP contribution in [0.15, 0.2) is 66.7 Å². The van der Waals surface area contributed by atoms with Gasteiger partial charge in [-0.2, -0.15) is 0 Å². The van der Waals surface area contributed by atoms with Crippen molar-refractivity contribution < 1.29 is 0 Å². The Kier molecular flexibility index (Phi) is 7.33. The van der Waals surface area contributed by atoms with Crippen molar-refractivity contribution in [3.8, 4) is 23.7 Å². The maximum atomic E-state index is 3.34. The lowest BCUT2D eigenvalue weighted by atomic mass is 10.0. The summed E-state index contributed by atoms with van der Waals surface area (Å²) in [6.07, 6.45) is 4.29. The van der Waals surface area contributed by atoms with E-state index in [2.05, 4.69) is 111 Å². The molecule has 0 radical (unpaired) electrons. The molecule has 0 spiro atoms. The molecule has 144 valence electrons. The van der Waals surface area contributed by atoms with E-state index < -0.39 is 0 Å². The van der Waals surface area contributed by atoms with Crippen molar-refractivity contribution in [2.75, 3.05) is 0 Å². The molecule has 0 atom stereocenters. The molecule has 0 aliphatic rings. The van der Waals surface area contributed by atoms with Crippen LogP contribution >= 0.6 is 0 Å². The summed E-state index contributed by atoms with van der Waals surface area (Å²) in [5.41, 5.74) is 8.19. The van der Waals surface area contributed by atoms with E-state index in [1.54, 1.807) is 0 Å². The molecule has 0 aliphatic heterocycles. The van der Waals surface area contributed by atoms with Gasteiger partial charge >= 0.3 is 0 Å². The summed E-state index contributed by atoms with van der Waals surface area (Å²) >= 11 is 0. The van der Waals surface area contributed by atoms with Gasteiger partial charge in [-0.1, -0.05) is 75.1 Å². The van der Waals surface area contributed by atoms with E-state index in [1.807, 2.05) is 0 Å². The maximum Gasteiger partial charge on any atom is 0.0281 e. The highest BCUT2D eigenvalue weighted by atomic mass is 14.0. The summed E-state index contributed by atoms with van der Waals surface area (Å²) in [4.78, 5) is 0. The Bertz CT molecular complexity index is 1060. The summed E-state index contributed by atoms with van der Waals surface area (Å²) < 4.78 is 0. The Morgan fingerprint density at radius 3 is 1.69 bits per heavy atom. The van der Waals surface area contributed by atoms with Crippen LogP contribution in [0.1, 0.15) is 66.1 Å². The molecule has 0 saturated carbocycles. The third kappa shape index (κ3) is 5.88. The van der Waals surface area contributed by atoms with E-state index in [4.69, 9.17) is 0 Å². The molecule has 29 heavy (non-hydrogen) atoms. The Morgan fingerprint density at radius 2 is 1.10 bits per heavy atom. The first-order valence-electron chi connectivity index (χ1n) is 10.6. The van der Waals surface area contributed by atoms with Crippen LogP contribution < -0.4 is 0 Å². The normalized spacial score (nSPS) is 9.90. The monoisotopic (exact) mass is 376 g/mol. The highest BCUT2D eigenvalue weighted by Crippen LogP contribution is 2.13. The zero-order valence-electron chi connectivity index (χ0n) is 17.7. The van der Waals surface area contributed by atoms with E-state index in [0.717, 1.165) is 41.5 Å². The molecule has 0 amide bonds. The van der Waals surface area contributed by atoms with Gasteiger partial charge in [0.15, 0.2) is 0 Å². The Morgan fingerprint density at radius 1 is 0.552 bits per heavy atom. The first-order chi connectivity index (χ1) is 14.2. The smallest absolute Gasteiger partial charge is 0.0281 e. The summed E-state index contributed by atoms with van der Waals surface area (Å²) in [7, 11) is 0. The molecule has 0 heteroatoms. The van der Waals surface area contributed by atoms with Gasteiger partial charge in [0.1, 0.15) is 0 Å². The zero-order valence-corrected chi connectivity index (χ0v) is 17.7. The van der Waals surface area contributed by atoms with E-state index in [-0.39, 0.29) is 0 Å². The molecule has 0 bridgehead atoms. The molecule has 0 unspecified atom stereocenters. The molecule has 0 aromatic heterocycles. The van der Waals surface area contributed by atoms with Gasteiger partial charge in [-0.15, -0.1) is 0 Å². The summed E-state index contributed by atoms with van der Waals surface area (Å²) in [6.45, 7) is 6.54. The third-order valence-electron chi connectivity index (χ3n) is 5.03. The van der Waals surface area contributed by atoms with Gasteiger partial charge in [0.25, 0.3) is 0 Å². The summed E-state index contributed by atoms with van der Waals surface area (Å²) in [5.74, 6) is 13.2. The first kappa shape index (κ1) is 20.5. The van der Waals surface area contributed by atoms with Crippen molar-refractivity contribution in [3.63, 3.8) is 0 Å². The van der Waals surface area contributed by atoms with Crippen molar-refractivity contribution in [1.82, 2.24) is 0 Å². The van der Waals surface area contributed by atoms with Crippen molar-refractivity contribution in [3.05, 3.63) is 106 Å². The van der Waals surface area contributed by atoms with Crippen molar-refractivity contribution >= 4 is 0 Å². The van der Waals surface area contributed by atoms with Crippen molar-refractivity contribution in [2.45, 2.75) is 46.5 Å². The fourth-order valence-electron chi connectivity index (χ4n) is 3.24. The standard InChI is InChI=1S/C29H28/c1-4-7-24-12-14-25(15-13-24)16-17-27-19-21-29(28(6-3)22-27)20-18-26-10-8-23(5-2)9-11-26/h8-15,19,21-22H,4-7H2,1-3H3. The molecule has 3 rings (SSSR count). The molecular formula is C29H28. The lowest BCUT2D eigenvalue weighted by molar-refractivity contribution is 0.922. The highest BCUT2D eigenvalue weighted by molar-refractivity contribution is 5.52. The van der Waals surface area contributed by atoms with E-state index >= 15 is 0 Å². The fourth-order valence-corrected chi connectivity index (χ4v) is 3.24. The van der Waals surface area contributed by atoms with Crippen LogP contribution in [0, 0.1) is 23.7 Å². The lowest BCUT2D eigenvalue weighted by Gasteiger charge is -2.02. The maximum absolute atomic E-state index is 3.34. The van der Waals surface area contributed by atoms with Crippen LogP contribution in [0.3, 0.4) is 0 Å². The molecule has 3 aromatic carbocycles. The number of aryl methyl sites for hydroxylation is 3. The third-order valence-corrected chi connectivity index (χ3v) is 5.03. The van der Waals surface area contributed by atoms with Gasteiger partial charge in [-0.3, -0.25) is 0 Å². The van der Waals surface area contributed by atoms with Crippen LogP contribution in [0.25, 0.3) is 0 Å². The van der Waals surface area contributed by atoms with E-state index in [0.29, 0.717) is 0 Å². The lowest BCUT2D eigenvalue weighted by Crippen LogP contribution is -1.90. The number of hydrogen-bond donors (Lipinski definition) is 0. The zero-order chi connectivity index (χ0) is 20.5. The summed E-state index contributed by atoms with van der Waals surface area (Å²) in [6, 6.07) is 23.4. The van der Waals surface area contributed by atoms with Crippen LogP contribution in [0.4, 0.5) is 0 Å². The molecule has 0 fully saturated rings. The molecule has 0 saturated heterocycles. The number of benzene rings is 3. The second-order valence-corrected chi connectivity index (χ2v) is 7.22. The van der Waals surface area contributed by atoms with Gasteiger partial charge < -0.3 is 0 Å². The minimum atomic E-state index is 0.944. The van der Waals surface area contributed by atoms with Crippen LogP contribution in [-0.2, 0) is 19.3 Å². The van der Waals surface area contributed by atoms with Crippen molar-refractivity contribution in [2.24, 2.45) is 0 Å². The number of hydrogen-bond acceptors (Lipinski definition) is 0. The molecule has 3 aromatic rings. The molecule has 0 aliphatic carbocycles. The van der Waals surface area contributed by atoms with E-state index in [9.17, 15) is 0 Å². The fraction of sp³-hybridized carbons (Fsp3) is 0.241. The van der Waals surface area contributed by atoms with Crippen LogP contribution in [0.5, 0.6) is 0 Å². The van der Waals surface area contributed by atoms with Crippen LogP contribution in [-0.4, -0.2) is 0 Å². The van der Waals surface area contributed by atoms with Gasteiger partial charge in [0, 0.05) is 22.3 Å². The Balaban J connectivity index is 1.78. The minimum Gasteiger partial charge on any atom is -0.0651 e. The van der Waals surface area contributed by atoms with Gasteiger partial charge in [-0.25, -0.2) is 0 Å². The average molecular weight is 377 g/mol. The molecule has 0 nitrogen and oxygen atoms in total. The predicted octanol–water partition coefficient (Wildman–Crippen LogP) is 6.56. The van der Waals surface area contributed by atoms with E-state index in [1.165, 1.54) is 23.1 Å². The second-order valence-electron chi connectivity index (χ2n) is 7.22. The largest absolute Gasteiger partial charge is 0.0651 e. The number of rotatable bonds is 4. The van der Waals surface area contributed by atoms with Gasteiger partial charge in [0.2, 0.25) is 0 Å². The SMILES string of the molecule is CCCc1ccc(C#Cc2ccc(C#Cc3ccc(CC)cc3)c(CC)c2)cc1. The van der Waals surface area contributed by atoms with Gasteiger partial charge in [0.05, 0.1) is 0 Å².